The van der Waals surface area contributed by atoms with Gasteiger partial charge in [-0.1, -0.05) is 18.9 Å². The van der Waals surface area contributed by atoms with Gasteiger partial charge in [-0.15, -0.1) is 0 Å². The van der Waals surface area contributed by atoms with E-state index in [0.717, 1.165) is 13.0 Å². The van der Waals surface area contributed by atoms with Crippen LogP contribution in [0.2, 0.25) is 0 Å². The molecule has 0 unspecified atom stereocenters. The third kappa shape index (κ3) is 1.36. The van der Waals surface area contributed by atoms with Crippen LogP contribution in [0.15, 0.2) is 18.2 Å². The van der Waals surface area contributed by atoms with Crippen LogP contribution in [-0.2, 0) is 12.0 Å². The predicted octanol–water partition coefficient (Wildman–Crippen LogP) is 2.31. The molecule has 0 amide bonds. The minimum atomic E-state index is 0.237. The van der Waals surface area contributed by atoms with Gasteiger partial charge in [0.2, 0.25) is 0 Å². The average Bonchev–Trinajstić information content (AvgIpc) is 2.67. The number of aromatic hydroxyl groups is 1. The van der Waals surface area contributed by atoms with Crippen LogP contribution in [0, 0.1) is 0 Å². The van der Waals surface area contributed by atoms with Crippen molar-refractivity contribution < 1.29 is 5.11 Å². The number of phenolic OH excluding ortho intramolecular Hbond substituents is 1. The summed E-state index contributed by atoms with van der Waals surface area (Å²) in [5.41, 5.74) is 3.01. The highest BCUT2D eigenvalue weighted by atomic mass is 16.3. The van der Waals surface area contributed by atoms with Crippen LogP contribution in [-0.4, -0.2) is 11.7 Å². The van der Waals surface area contributed by atoms with E-state index in [1.165, 1.54) is 36.8 Å². The van der Waals surface area contributed by atoms with Gasteiger partial charge in [0.15, 0.2) is 0 Å². The standard InChI is InChI=1S/C13H17NO/c15-11-3-4-12-10(9-11)5-8-14-13(12)6-1-2-7-13/h3-4,9,14-15H,1-2,5-8H2. The van der Waals surface area contributed by atoms with Crippen LogP contribution in [0.25, 0.3) is 0 Å². The van der Waals surface area contributed by atoms with Gasteiger partial charge in [-0.25, -0.2) is 0 Å². The van der Waals surface area contributed by atoms with Crippen LogP contribution < -0.4 is 5.32 Å². The molecule has 0 saturated heterocycles. The van der Waals surface area contributed by atoms with Gasteiger partial charge < -0.3 is 10.4 Å². The van der Waals surface area contributed by atoms with E-state index in [2.05, 4.69) is 11.4 Å². The van der Waals surface area contributed by atoms with Crippen molar-refractivity contribution >= 4 is 0 Å². The topological polar surface area (TPSA) is 32.3 Å². The highest BCUT2D eigenvalue weighted by Crippen LogP contribution is 2.42. The lowest BCUT2D eigenvalue weighted by Crippen LogP contribution is -2.45. The lowest BCUT2D eigenvalue weighted by molar-refractivity contribution is 0.323. The number of hydrogen-bond donors (Lipinski definition) is 2. The molecular weight excluding hydrogens is 186 g/mol. The van der Waals surface area contributed by atoms with Crippen molar-refractivity contribution in [2.75, 3.05) is 6.54 Å². The fourth-order valence-electron chi connectivity index (χ4n) is 3.21. The summed E-state index contributed by atoms with van der Waals surface area (Å²) >= 11 is 0. The van der Waals surface area contributed by atoms with Crippen LogP contribution >= 0.6 is 0 Å². The summed E-state index contributed by atoms with van der Waals surface area (Å²) < 4.78 is 0. The van der Waals surface area contributed by atoms with Gasteiger partial charge in [-0.05, 0) is 42.5 Å². The van der Waals surface area contributed by atoms with E-state index in [9.17, 15) is 5.11 Å². The second kappa shape index (κ2) is 3.24. The van der Waals surface area contributed by atoms with Crippen molar-refractivity contribution in [2.24, 2.45) is 0 Å². The Balaban J connectivity index is 2.10. The summed E-state index contributed by atoms with van der Waals surface area (Å²) in [6.45, 7) is 1.05. The minimum Gasteiger partial charge on any atom is -0.508 e. The Kier molecular flexibility index (Phi) is 1.99. The van der Waals surface area contributed by atoms with Gasteiger partial charge in [0.25, 0.3) is 0 Å². The summed E-state index contributed by atoms with van der Waals surface area (Å²) in [5, 5.41) is 13.2. The first-order valence-corrected chi connectivity index (χ1v) is 5.88. The number of benzene rings is 1. The Morgan fingerprint density at radius 1 is 1.20 bits per heavy atom. The summed E-state index contributed by atoms with van der Waals surface area (Å²) in [6, 6.07) is 5.88. The number of phenols is 1. The molecule has 1 aliphatic heterocycles. The molecule has 1 heterocycles. The maximum Gasteiger partial charge on any atom is 0.115 e. The maximum absolute atomic E-state index is 9.50. The Morgan fingerprint density at radius 3 is 2.80 bits per heavy atom. The second-order valence-corrected chi connectivity index (χ2v) is 4.81. The lowest BCUT2D eigenvalue weighted by atomic mass is 9.81. The first-order chi connectivity index (χ1) is 7.30. The predicted molar refractivity (Wildman–Crippen MR) is 60.0 cm³/mol. The van der Waals surface area contributed by atoms with Gasteiger partial charge in [0, 0.05) is 12.1 Å². The molecule has 80 valence electrons. The smallest absolute Gasteiger partial charge is 0.115 e. The van der Waals surface area contributed by atoms with E-state index >= 15 is 0 Å². The number of hydrogen-bond acceptors (Lipinski definition) is 2. The summed E-state index contributed by atoms with van der Waals surface area (Å²) in [6.07, 6.45) is 6.21. The summed E-state index contributed by atoms with van der Waals surface area (Å²) in [5.74, 6) is 0.406. The molecule has 0 atom stereocenters. The van der Waals surface area contributed by atoms with E-state index in [4.69, 9.17) is 0 Å². The quantitative estimate of drug-likeness (QED) is 0.678. The highest BCUT2D eigenvalue weighted by Gasteiger charge is 2.38. The molecule has 1 saturated carbocycles. The molecule has 1 aromatic carbocycles. The van der Waals surface area contributed by atoms with Crippen molar-refractivity contribution in [3.8, 4) is 5.75 Å². The fraction of sp³-hybridized carbons (Fsp3) is 0.538. The molecule has 2 heteroatoms. The molecular formula is C13H17NO. The van der Waals surface area contributed by atoms with Crippen molar-refractivity contribution in [3.05, 3.63) is 29.3 Å². The van der Waals surface area contributed by atoms with Gasteiger partial charge in [-0.2, -0.15) is 0 Å². The van der Waals surface area contributed by atoms with Gasteiger partial charge >= 0.3 is 0 Å². The number of rotatable bonds is 0. The number of nitrogens with one attached hydrogen (secondary N) is 1. The Labute approximate surface area is 90.3 Å². The normalized spacial score (nSPS) is 22.9. The molecule has 0 bridgehead atoms. The molecule has 15 heavy (non-hydrogen) atoms. The largest absolute Gasteiger partial charge is 0.508 e. The van der Waals surface area contributed by atoms with E-state index in [-0.39, 0.29) is 5.54 Å². The molecule has 2 aliphatic rings. The van der Waals surface area contributed by atoms with Gasteiger partial charge in [0.05, 0.1) is 0 Å². The monoisotopic (exact) mass is 203 g/mol. The zero-order chi connectivity index (χ0) is 10.3. The third-order valence-electron chi connectivity index (χ3n) is 3.92. The average molecular weight is 203 g/mol. The molecule has 0 aromatic heterocycles. The molecule has 1 aromatic rings. The lowest BCUT2D eigenvalue weighted by Gasteiger charge is -2.37. The summed E-state index contributed by atoms with van der Waals surface area (Å²) in [7, 11) is 0. The third-order valence-corrected chi connectivity index (χ3v) is 3.92. The van der Waals surface area contributed by atoms with Crippen LogP contribution in [0.1, 0.15) is 36.8 Å². The van der Waals surface area contributed by atoms with Crippen molar-refractivity contribution in [1.29, 1.82) is 0 Å². The number of fused-ring (bicyclic) bond motifs is 2. The van der Waals surface area contributed by atoms with Crippen molar-refractivity contribution in [3.63, 3.8) is 0 Å². The first kappa shape index (κ1) is 9.22. The van der Waals surface area contributed by atoms with Crippen LogP contribution in [0.3, 0.4) is 0 Å². The van der Waals surface area contributed by atoms with Crippen LogP contribution in [0.4, 0.5) is 0 Å². The minimum absolute atomic E-state index is 0.237. The van der Waals surface area contributed by atoms with E-state index in [0.29, 0.717) is 5.75 Å². The molecule has 3 rings (SSSR count). The second-order valence-electron chi connectivity index (χ2n) is 4.81. The van der Waals surface area contributed by atoms with Gasteiger partial charge in [0.1, 0.15) is 5.75 Å². The maximum atomic E-state index is 9.50. The first-order valence-electron chi connectivity index (χ1n) is 5.88. The molecule has 0 radical (unpaired) electrons. The molecule has 2 N–H and O–H groups in total. The fourth-order valence-corrected chi connectivity index (χ4v) is 3.21. The summed E-state index contributed by atoms with van der Waals surface area (Å²) in [4.78, 5) is 0. The van der Waals surface area contributed by atoms with E-state index in [1.54, 1.807) is 0 Å². The van der Waals surface area contributed by atoms with E-state index in [1.807, 2.05) is 12.1 Å². The van der Waals surface area contributed by atoms with Crippen LogP contribution in [0.5, 0.6) is 5.75 Å². The molecule has 1 spiro atoms. The zero-order valence-electron chi connectivity index (χ0n) is 8.92. The van der Waals surface area contributed by atoms with E-state index < -0.39 is 0 Å². The van der Waals surface area contributed by atoms with Crippen molar-refractivity contribution in [2.45, 2.75) is 37.6 Å². The molecule has 1 aliphatic carbocycles. The molecule has 1 fully saturated rings. The molecule has 2 nitrogen and oxygen atoms in total. The highest BCUT2D eigenvalue weighted by molar-refractivity contribution is 5.41. The Morgan fingerprint density at radius 2 is 2.00 bits per heavy atom. The zero-order valence-corrected chi connectivity index (χ0v) is 8.92. The van der Waals surface area contributed by atoms with Crippen molar-refractivity contribution in [1.82, 2.24) is 5.32 Å². The van der Waals surface area contributed by atoms with Gasteiger partial charge in [-0.3, -0.25) is 0 Å². The SMILES string of the molecule is Oc1ccc2c(c1)CCNC21CCCC1. The Bertz CT molecular complexity index is 380. The Hall–Kier alpha value is -1.02.